The second kappa shape index (κ2) is 5.66. The number of amides is 2. The fraction of sp³-hybridized carbons (Fsp3) is 0.667. The number of hydrogen-bond acceptors (Lipinski definition) is 5. The molecule has 0 unspecified atom stereocenters. The van der Waals surface area contributed by atoms with Crippen molar-refractivity contribution in [1.82, 2.24) is 9.88 Å². The summed E-state index contributed by atoms with van der Waals surface area (Å²) in [6.45, 7) is 0.860. The number of nitrogens with zero attached hydrogens (tertiary/aromatic N) is 2. The number of nitrogens with one attached hydrogen (secondary N) is 1. The number of thioether (sulfide) groups is 1. The Labute approximate surface area is 142 Å². The van der Waals surface area contributed by atoms with E-state index in [9.17, 15) is 14.7 Å². The number of urea groups is 1. The van der Waals surface area contributed by atoms with Crippen molar-refractivity contribution in [3.8, 4) is 0 Å². The van der Waals surface area contributed by atoms with Crippen molar-refractivity contribution in [2.24, 2.45) is 11.3 Å². The zero-order valence-electron chi connectivity index (χ0n) is 12.7. The van der Waals surface area contributed by atoms with E-state index in [1.807, 2.05) is 11.8 Å². The molecule has 1 saturated carbocycles. The van der Waals surface area contributed by atoms with E-state index < -0.39 is 11.4 Å². The highest BCUT2D eigenvalue weighted by atomic mass is 32.2. The van der Waals surface area contributed by atoms with Crippen LogP contribution in [0.15, 0.2) is 0 Å². The summed E-state index contributed by atoms with van der Waals surface area (Å²) < 4.78 is 0. The first-order valence-electron chi connectivity index (χ1n) is 7.94. The Kier molecular flexibility index (Phi) is 3.76. The van der Waals surface area contributed by atoms with Gasteiger partial charge >= 0.3 is 12.0 Å². The fourth-order valence-electron chi connectivity index (χ4n) is 4.04. The number of rotatable bonds is 2. The molecule has 6 nitrogen and oxygen atoms in total. The van der Waals surface area contributed by atoms with E-state index in [4.69, 9.17) is 0 Å². The Morgan fingerprint density at radius 2 is 2.30 bits per heavy atom. The first-order valence-corrected chi connectivity index (χ1v) is 9.91. The highest BCUT2D eigenvalue weighted by molar-refractivity contribution is 7.98. The highest BCUT2D eigenvalue weighted by Gasteiger charge is 2.55. The SMILES string of the molecule is O=C(Nc1nc2c(s1)CSCC2)N1C[C@@H]2CCC[C@@]2(C(=O)O)C1. The highest BCUT2D eigenvalue weighted by Crippen LogP contribution is 2.49. The van der Waals surface area contributed by atoms with Crippen molar-refractivity contribution in [2.75, 3.05) is 24.2 Å². The molecule has 23 heavy (non-hydrogen) atoms. The van der Waals surface area contributed by atoms with Crippen LogP contribution >= 0.6 is 23.1 Å². The number of hydrogen-bond donors (Lipinski definition) is 2. The molecule has 1 aromatic heterocycles. The Bertz CT molecular complexity index is 639. The molecule has 2 aliphatic heterocycles. The molecule has 0 spiro atoms. The first kappa shape index (κ1) is 15.3. The Morgan fingerprint density at radius 1 is 1.43 bits per heavy atom. The Hall–Kier alpha value is -1.28. The lowest BCUT2D eigenvalue weighted by Crippen LogP contribution is -2.38. The van der Waals surface area contributed by atoms with Crippen molar-refractivity contribution < 1.29 is 14.7 Å². The van der Waals surface area contributed by atoms with Gasteiger partial charge in [-0.1, -0.05) is 6.42 Å². The number of carbonyl (C=O) groups is 2. The Balaban J connectivity index is 1.46. The summed E-state index contributed by atoms with van der Waals surface area (Å²) in [5, 5.41) is 13.1. The number of likely N-dealkylation sites (tertiary alicyclic amines) is 1. The minimum absolute atomic E-state index is 0.0895. The third kappa shape index (κ3) is 2.52. The van der Waals surface area contributed by atoms with Gasteiger partial charge in [0.1, 0.15) is 0 Å². The van der Waals surface area contributed by atoms with Gasteiger partial charge in [0.2, 0.25) is 0 Å². The van der Waals surface area contributed by atoms with Crippen LogP contribution in [-0.2, 0) is 17.0 Å². The number of thiazole rings is 1. The monoisotopic (exact) mass is 353 g/mol. The van der Waals surface area contributed by atoms with Gasteiger partial charge < -0.3 is 10.0 Å². The molecule has 3 aliphatic rings. The van der Waals surface area contributed by atoms with Gasteiger partial charge in [-0.2, -0.15) is 11.8 Å². The molecule has 124 valence electrons. The number of fused-ring (bicyclic) bond motifs is 2. The number of aryl methyl sites for hydroxylation is 1. The predicted molar refractivity (Wildman–Crippen MR) is 90.0 cm³/mol. The van der Waals surface area contributed by atoms with Gasteiger partial charge in [-0.05, 0) is 30.9 Å². The van der Waals surface area contributed by atoms with Crippen LogP contribution in [0.25, 0.3) is 0 Å². The number of anilines is 1. The van der Waals surface area contributed by atoms with Crippen LogP contribution in [0.3, 0.4) is 0 Å². The number of aliphatic carboxylic acids is 1. The standard InChI is InChI=1S/C15H19N3O3S2/c19-12(20)15-4-1-2-9(15)6-18(8-15)14(21)17-13-16-10-3-5-22-7-11(10)23-13/h9H,1-8H2,(H,19,20)(H,16,17,21)/t9-,15+/m0/s1. The van der Waals surface area contributed by atoms with E-state index in [2.05, 4.69) is 10.3 Å². The summed E-state index contributed by atoms with van der Waals surface area (Å²) in [6, 6.07) is -0.209. The topological polar surface area (TPSA) is 82.5 Å². The van der Waals surface area contributed by atoms with E-state index in [0.29, 0.717) is 24.6 Å². The van der Waals surface area contributed by atoms with Crippen LogP contribution in [0.1, 0.15) is 29.8 Å². The molecule has 4 rings (SSSR count). The molecule has 0 bridgehead atoms. The van der Waals surface area contributed by atoms with Gasteiger partial charge in [-0.25, -0.2) is 9.78 Å². The van der Waals surface area contributed by atoms with Crippen molar-refractivity contribution in [2.45, 2.75) is 31.4 Å². The molecule has 3 heterocycles. The normalized spacial score (nSPS) is 29.2. The van der Waals surface area contributed by atoms with Gasteiger partial charge in [0, 0.05) is 23.7 Å². The molecule has 1 aliphatic carbocycles. The van der Waals surface area contributed by atoms with E-state index in [0.717, 1.165) is 36.5 Å². The average Bonchev–Trinajstić information content (AvgIpc) is 3.18. The zero-order chi connectivity index (χ0) is 16.0. The molecule has 0 aromatic carbocycles. The molecule has 2 atom stereocenters. The smallest absolute Gasteiger partial charge is 0.323 e. The van der Waals surface area contributed by atoms with Crippen molar-refractivity contribution in [3.05, 3.63) is 10.6 Å². The summed E-state index contributed by atoms with van der Waals surface area (Å²) in [5.74, 6) is 1.39. The molecule has 2 fully saturated rings. The molecule has 1 saturated heterocycles. The average molecular weight is 353 g/mol. The van der Waals surface area contributed by atoms with E-state index in [1.165, 1.54) is 4.88 Å². The molecule has 1 aromatic rings. The van der Waals surface area contributed by atoms with E-state index in [-0.39, 0.29) is 11.9 Å². The van der Waals surface area contributed by atoms with E-state index in [1.54, 1.807) is 16.2 Å². The summed E-state index contributed by atoms with van der Waals surface area (Å²) in [6.07, 6.45) is 3.49. The van der Waals surface area contributed by atoms with Gasteiger partial charge in [-0.3, -0.25) is 10.1 Å². The number of aromatic nitrogens is 1. The summed E-state index contributed by atoms with van der Waals surface area (Å²) in [5.41, 5.74) is 0.375. The number of carboxylic acid groups (broad SMARTS) is 1. The van der Waals surface area contributed by atoms with Crippen LogP contribution in [0.2, 0.25) is 0 Å². The largest absolute Gasteiger partial charge is 0.481 e. The first-order chi connectivity index (χ1) is 11.1. The molecule has 0 radical (unpaired) electrons. The minimum atomic E-state index is -0.753. The van der Waals surface area contributed by atoms with Crippen molar-refractivity contribution in [1.29, 1.82) is 0 Å². The molecular formula is C15H19N3O3S2. The van der Waals surface area contributed by atoms with Crippen molar-refractivity contribution in [3.63, 3.8) is 0 Å². The minimum Gasteiger partial charge on any atom is -0.481 e. The van der Waals surface area contributed by atoms with E-state index >= 15 is 0 Å². The number of carbonyl (C=O) groups excluding carboxylic acids is 1. The number of carboxylic acids is 1. The second-order valence-electron chi connectivity index (χ2n) is 6.55. The maximum Gasteiger partial charge on any atom is 0.323 e. The van der Waals surface area contributed by atoms with Crippen LogP contribution in [0.5, 0.6) is 0 Å². The summed E-state index contributed by atoms with van der Waals surface area (Å²) >= 11 is 3.43. The van der Waals surface area contributed by atoms with Crippen LogP contribution < -0.4 is 5.32 Å². The summed E-state index contributed by atoms with van der Waals surface area (Å²) in [7, 11) is 0. The van der Waals surface area contributed by atoms with Crippen LogP contribution in [0, 0.1) is 11.3 Å². The van der Waals surface area contributed by atoms with Gasteiger partial charge in [-0.15, -0.1) is 11.3 Å². The third-order valence-electron chi connectivity index (χ3n) is 5.29. The molecule has 2 N–H and O–H groups in total. The predicted octanol–water partition coefficient (Wildman–Crippen LogP) is 2.65. The molecular weight excluding hydrogens is 334 g/mol. The maximum atomic E-state index is 12.5. The van der Waals surface area contributed by atoms with Gasteiger partial charge in [0.25, 0.3) is 0 Å². The lowest BCUT2D eigenvalue weighted by Gasteiger charge is -2.23. The third-order valence-corrected chi connectivity index (χ3v) is 7.47. The van der Waals surface area contributed by atoms with Crippen molar-refractivity contribution >= 4 is 40.2 Å². The van der Waals surface area contributed by atoms with Crippen LogP contribution in [-0.4, -0.2) is 45.8 Å². The Morgan fingerprint density at radius 3 is 3.04 bits per heavy atom. The fourth-order valence-corrected chi connectivity index (χ4v) is 6.16. The van der Waals surface area contributed by atoms with Gasteiger partial charge in [0.05, 0.1) is 11.1 Å². The molecule has 2 amide bonds. The zero-order valence-corrected chi connectivity index (χ0v) is 14.3. The van der Waals surface area contributed by atoms with Crippen LogP contribution in [0.4, 0.5) is 9.93 Å². The quantitative estimate of drug-likeness (QED) is 0.854. The maximum absolute atomic E-state index is 12.5. The molecule has 8 heteroatoms. The van der Waals surface area contributed by atoms with Gasteiger partial charge in [0.15, 0.2) is 5.13 Å². The second-order valence-corrected chi connectivity index (χ2v) is 8.74. The summed E-state index contributed by atoms with van der Waals surface area (Å²) in [4.78, 5) is 31.6. The lowest BCUT2D eigenvalue weighted by molar-refractivity contribution is -0.149. The lowest BCUT2D eigenvalue weighted by atomic mass is 9.81.